The third-order valence-electron chi connectivity index (χ3n) is 6.30. The van der Waals surface area contributed by atoms with Gasteiger partial charge in [0, 0.05) is 37.3 Å². The van der Waals surface area contributed by atoms with Crippen molar-refractivity contribution in [3.05, 3.63) is 59.1 Å². The van der Waals surface area contributed by atoms with Gasteiger partial charge in [-0.3, -0.25) is 9.59 Å². The second-order valence-electron chi connectivity index (χ2n) is 8.37. The number of aromatic nitrogens is 2. The molecule has 4 aromatic rings. The first-order valence-corrected chi connectivity index (χ1v) is 10.9. The van der Waals surface area contributed by atoms with Crippen molar-refractivity contribution in [3.8, 4) is 11.5 Å². The van der Waals surface area contributed by atoms with Gasteiger partial charge in [-0.25, -0.2) is 4.52 Å². The number of likely N-dealkylation sites (tertiary alicyclic amines) is 1. The molecule has 4 heterocycles. The third kappa shape index (κ3) is 3.67. The lowest BCUT2D eigenvalue weighted by Crippen LogP contribution is -2.58. The van der Waals surface area contributed by atoms with E-state index in [-0.39, 0.29) is 24.4 Å². The summed E-state index contributed by atoms with van der Waals surface area (Å²) in [7, 11) is 1.54. The molecule has 8 nitrogen and oxygen atoms in total. The number of nitrogens with zero attached hydrogens (tertiary/aromatic N) is 3. The number of halogens is 3. The number of carbonyl (C=O) groups excluding carboxylic acids is 2. The summed E-state index contributed by atoms with van der Waals surface area (Å²) < 4.78 is 52.7. The van der Waals surface area contributed by atoms with Crippen LogP contribution in [0.5, 0.6) is 11.5 Å². The van der Waals surface area contributed by atoms with Crippen LogP contribution in [0.25, 0.3) is 16.5 Å². The van der Waals surface area contributed by atoms with Crippen molar-refractivity contribution in [3.63, 3.8) is 0 Å². The van der Waals surface area contributed by atoms with Crippen LogP contribution in [0, 0.1) is 13.8 Å². The molecule has 1 aromatic carbocycles. The minimum atomic E-state index is -4.46. The number of amides is 2. The van der Waals surface area contributed by atoms with Gasteiger partial charge < -0.3 is 19.4 Å². The Morgan fingerprint density at radius 3 is 2.66 bits per heavy atom. The van der Waals surface area contributed by atoms with Crippen molar-refractivity contribution in [2.75, 3.05) is 13.6 Å². The zero-order chi connectivity index (χ0) is 25.1. The highest BCUT2D eigenvalue weighted by Crippen LogP contribution is 2.37. The normalized spacial score (nSPS) is 15.9. The second kappa shape index (κ2) is 8.03. The van der Waals surface area contributed by atoms with Crippen LogP contribution in [-0.2, 0) is 0 Å². The lowest BCUT2D eigenvalue weighted by molar-refractivity contribution is -0.199. The number of fused-ring (bicyclic) bond motifs is 2. The van der Waals surface area contributed by atoms with Crippen LogP contribution in [0.4, 0.5) is 13.2 Å². The molecule has 0 aliphatic carbocycles. The molecule has 0 unspecified atom stereocenters. The van der Waals surface area contributed by atoms with Crippen LogP contribution in [0.2, 0.25) is 0 Å². The van der Waals surface area contributed by atoms with E-state index in [1.165, 1.54) is 24.0 Å². The SMILES string of the molecule is CNC(=O)c1c(C)oc2cc(Oc3ccnn4cc(C(=O)N5CC[C@H]5C(F)(F)F)c(C)c34)ccc12. The Bertz CT molecular complexity index is 1490. The van der Waals surface area contributed by atoms with Crippen LogP contribution in [0.3, 0.4) is 0 Å². The van der Waals surface area contributed by atoms with Gasteiger partial charge >= 0.3 is 6.18 Å². The lowest BCUT2D eigenvalue weighted by atomic mass is 10.0. The maximum Gasteiger partial charge on any atom is 0.408 e. The highest BCUT2D eigenvalue weighted by atomic mass is 19.4. The average molecular weight is 486 g/mol. The van der Waals surface area contributed by atoms with Gasteiger partial charge in [-0.05, 0) is 38.0 Å². The fraction of sp³-hybridized carbons (Fsp3) is 0.292. The van der Waals surface area contributed by atoms with Crippen LogP contribution in [-0.4, -0.2) is 52.1 Å². The summed E-state index contributed by atoms with van der Waals surface area (Å²) in [5.41, 5.74) is 1.95. The minimum Gasteiger partial charge on any atom is -0.460 e. The summed E-state index contributed by atoms with van der Waals surface area (Å²) in [6, 6.07) is 4.87. The predicted molar refractivity (Wildman–Crippen MR) is 120 cm³/mol. The highest BCUT2D eigenvalue weighted by molar-refractivity contribution is 6.07. The molecule has 2 amide bonds. The van der Waals surface area contributed by atoms with Crippen LogP contribution in [0.15, 0.2) is 41.1 Å². The molecular formula is C24H21F3N4O4. The highest BCUT2D eigenvalue weighted by Gasteiger charge is 2.51. The Balaban J connectivity index is 1.49. The molecule has 182 valence electrons. The maximum absolute atomic E-state index is 13.2. The van der Waals surface area contributed by atoms with E-state index >= 15 is 0 Å². The van der Waals surface area contributed by atoms with Crippen LogP contribution >= 0.6 is 0 Å². The van der Waals surface area contributed by atoms with Crippen molar-refractivity contribution in [1.82, 2.24) is 19.8 Å². The molecule has 35 heavy (non-hydrogen) atoms. The fourth-order valence-corrected chi connectivity index (χ4v) is 4.44. The quantitative estimate of drug-likeness (QED) is 0.455. The van der Waals surface area contributed by atoms with Gasteiger partial charge in [-0.15, -0.1) is 0 Å². The zero-order valence-electron chi connectivity index (χ0n) is 19.1. The van der Waals surface area contributed by atoms with E-state index in [1.54, 1.807) is 38.1 Å². The van der Waals surface area contributed by atoms with Gasteiger partial charge in [0.05, 0.1) is 17.3 Å². The average Bonchev–Trinajstić information content (AvgIpc) is 3.27. The number of aryl methyl sites for hydroxylation is 2. The molecule has 11 heteroatoms. The summed E-state index contributed by atoms with van der Waals surface area (Å²) in [5, 5.41) is 7.41. The molecule has 0 saturated carbocycles. The van der Waals surface area contributed by atoms with E-state index in [9.17, 15) is 22.8 Å². The van der Waals surface area contributed by atoms with Crippen molar-refractivity contribution >= 4 is 28.3 Å². The molecule has 1 atom stereocenters. The van der Waals surface area contributed by atoms with Crippen molar-refractivity contribution in [1.29, 1.82) is 0 Å². The largest absolute Gasteiger partial charge is 0.460 e. The minimum absolute atomic E-state index is 0.0477. The number of hydrogen-bond donors (Lipinski definition) is 1. The van der Waals surface area contributed by atoms with Crippen molar-refractivity contribution in [2.24, 2.45) is 0 Å². The Labute approximate surface area is 197 Å². The Kier molecular flexibility index (Phi) is 5.22. The van der Waals surface area contributed by atoms with E-state index in [0.29, 0.717) is 44.9 Å². The predicted octanol–water partition coefficient (Wildman–Crippen LogP) is 4.63. The van der Waals surface area contributed by atoms with E-state index in [2.05, 4.69) is 10.4 Å². The Morgan fingerprint density at radius 2 is 2.00 bits per heavy atom. The molecule has 1 saturated heterocycles. The molecule has 1 aliphatic rings. The third-order valence-corrected chi connectivity index (χ3v) is 6.30. The number of furan rings is 1. The molecule has 0 radical (unpaired) electrons. The molecule has 1 aliphatic heterocycles. The molecular weight excluding hydrogens is 465 g/mol. The molecule has 0 bridgehead atoms. The van der Waals surface area contributed by atoms with Gasteiger partial charge in [0.15, 0.2) is 5.75 Å². The Morgan fingerprint density at radius 1 is 1.23 bits per heavy atom. The molecule has 0 spiro atoms. The van der Waals surface area contributed by atoms with Crippen LogP contribution in [0.1, 0.15) is 38.5 Å². The number of benzene rings is 1. The Hall–Kier alpha value is -4.02. The van der Waals surface area contributed by atoms with Crippen molar-refractivity contribution in [2.45, 2.75) is 32.5 Å². The lowest BCUT2D eigenvalue weighted by Gasteiger charge is -2.41. The summed E-state index contributed by atoms with van der Waals surface area (Å²) >= 11 is 0. The summed E-state index contributed by atoms with van der Waals surface area (Å²) in [6.07, 6.45) is -1.68. The number of alkyl halides is 3. The first-order chi connectivity index (χ1) is 16.6. The van der Waals surface area contributed by atoms with Crippen LogP contribution < -0.4 is 10.1 Å². The van der Waals surface area contributed by atoms with E-state index in [4.69, 9.17) is 9.15 Å². The smallest absolute Gasteiger partial charge is 0.408 e. The number of rotatable bonds is 4. The number of hydrogen-bond acceptors (Lipinski definition) is 5. The zero-order valence-corrected chi connectivity index (χ0v) is 19.1. The van der Waals surface area contributed by atoms with E-state index in [0.717, 1.165) is 4.90 Å². The van der Waals surface area contributed by atoms with E-state index < -0.39 is 18.1 Å². The molecule has 5 rings (SSSR count). The van der Waals surface area contributed by atoms with Gasteiger partial charge in [-0.2, -0.15) is 18.3 Å². The standard InChI is InChI=1S/C24H21F3N4O4/c1-12-16(23(33)30-9-7-19(30)24(25,26)27)11-31-21(12)17(6-8-29-31)35-14-4-5-15-18(10-14)34-13(2)20(15)22(32)28-3/h4-6,8,10-11,19H,7,9H2,1-3H3,(H,28,32)/t19-/m0/s1. The topological polar surface area (TPSA) is 89.1 Å². The number of nitrogens with one attached hydrogen (secondary N) is 1. The van der Waals surface area contributed by atoms with Gasteiger partial charge in [0.1, 0.15) is 28.7 Å². The summed E-state index contributed by atoms with van der Waals surface area (Å²) in [6.45, 7) is 3.39. The molecule has 1 N–H and O–H groups in total. The van der Waals surface area contributed by atoms with Gasteiger partial charge in [0.2, 0.25) is 0 Å². The van der Waals surface area contributed by atoms with E-state index in [1.807, 2.05) is 0 Å². The second-order valence-corrected chi connectivity index (χ2v) is 8.37. The molecule has 3 aromatic heterocycles. The first-order valence-electron chi connectivity index (χ1n) is 10.9. The van der Waals surface area contributed by atoms with Crippen molar-refractivity contribution < 1.29 is 31.9 Å². The summed E-state index contributed by atoms with van der Waals surface area (Å²) in [4.78, 5) is 25.9. The van der Waals surface area contributed by atoms with Gasteiger partial charge in [0.25, 0.3) is 11.8 Å². The number of carbonyl (C=O) groups is 2. The maximum atomic E-state index is 13.2. The number of ether oxygens (including phenoxy) is 1. The fourth-order valence-electron chi connectivity index (χ4n) is 4.44. The summed E-state index contributed by atoms with van der Waals surface area (Å²) in [5.74, 6) is 0.290. The first kappa shape index (κ1) is 22.8. The molecule has 1 fully saturated rings. The monoisotopic (exact) mass is 486 g/mol. The van der Waals surface area contributed by atoms with Gasteiger partial charge in [-0.1, -0.05) is 0 Å².